The molecule has 0 radical (unpaired) electrons. The third kappa shape index (κ3) is 2.75. The van der Waals surface area contributed by atoms with Crippen molar-refractivity contribution in [3.63, 3.8) is 0 Å². The lowest BCUT2D eigenvalue weighted by molar-refractivity contribution is -0.138. The van der Waals surface area contributed by atoms with Crippen molar-refractivity contribution in [2.75, 3.05) is 0 Å². The van der Waals surface area contributed by atoms with E-state index in [0.29, 0.717) is 6.42 Å². The van der Waals surface area contributed by atoms with Crippen LogP contribution in [0.5, 0.6) is 0 Å². The molecule has 0 amide bonds. The first-order valence-electron chi connectivity index (χ1n) is 5.58. The number of hydrogen-bond donors (Lipinski definition) is 2. The Balaban J connectivity index is 2.25. The van der Waals surface area contributed by atoms with Crippen LogP contribution in [-0.2, 0) is 11.2 Å². The predicted octanol–water partition coefficient (Wildman–Crippen LogP) is 2.07. The molecule has 3 N–H and O–H groups in total. The first-order chi connectivity index (χ1) is 8.58. The predicted molar refractivity (Wildman–Crippen MR) is 71.6 cm³/mol. The van der Waals surface area contributed by atoms with E-state index in [0.717, 1.165) is 21.1 Å². The highest BCUT2D eigenvalue weighted by Gasteiger charge is 2.17. The minimum absolute atomic E-state index is 0.325. The normalized spacial score (nSPS) is 12.3. The lowest BCUT2D eigenvalue weighted by atomic mass is 10.2. The summed E-state index contributed by atoms with van der Waals surface area (Å²) in [5.74, 6) is -0.982. The molecular formula is C13H14N2O2S. The number of hydrogen-bond acceptors (Lipinski definition) is 4. The number of thiazole rings is 1. The number of aliphatic carboxylic acids is 1. The second-order valence-electron chi connectivity index (χ2n) is 4.04. The molecular weight excluding hydrogens is 248 g/mol. The van der Waals surface area contributed by atoms with Crippen molar-refractivity contribution in [2.45, 2.75) is 19.4 Å². The molecule has 0 fully saturated rings. The Kier molecular flexibility index (Phi) is 3.74. The van der Waals surface area contributed by atoms with Crippen LogP contribution in [0, 0.1) is 6.92 Å². The summed E-state index contributed by atoms with van der Waals surface area (Å²) in [6.45, 7) is 1.88. The molecule has 0 aliphatic rings. The second kappa shape index (κ2) is 5.29. The standard InChI is InChI=1S/C13H14N2O2S/c1-8-11(7-10(14)13(16)17)18-12(15-8)9-5-3-2-4-6-9/h2-6,10H,7,14H2,1H3,(H,16,17). The van der Waals surface area contributed by atoms with Gasteiger partial charge in [0.15, 0.2) is 0 Å². The van der Waals surface area contributed by atoms with Crippen molar-refractivity contribution < 1.29 is 9.90 Å². The summed E-state index contributed by atoms with van der Waals surface area (Å²) in [5, 5.41) is 9.72. The van der Waals surface area contributed by atoms with E-state index in [1.807, 2.05) is 37.3 Å². The van der Waals surface area contributed by atoms with Gasteiger partial charge in [-0.05, 0) is 6.92 Å². The smallest absolute Gasteiger partial charge is 0.320 e. The van der Waals surface area contributed by atoms with Crippen molar-refractivity contribution in [3.8, 4) is 10.6 Å². The van der Waals surface area contributed by atoms with Gasteiger partial charge in [-0.15, -0.1) is 11.3 Å². The first kappa shape index (κ1) is 12.7. The Morgan fingerprint density at radius 3 is 2.72 bits per heavy atom. The number of carboxylic acid groups (broad SMARTS) is 1. The van der Waals surface area contributed by atoms with E-state index < -0.39 is 12.0 Å². The van der Waals surface area contributed by atoms with Gasteiger partial charge in [0, 0.05) is 16.9 Å². The van der Waals surface area contributed by atoms with Gasteiger partial charge in [-0.2, -0.15) is 0 Å². The molecule has 1 heterocycles. The molecule has 0 aliphatic heterocycles. The molecule has 18 heavy (non-hydrogen) atoms. The molecule has 1 aromatic heterocycles. The van der Waals surface area contributed by atoms with Gasteiger partial charge in [0.1, 0.15) is 11.0 Å². The van der Waals surface area contributed by atoms with Crippen LogP contribution in [0.25, 0.3) is 10.6 Å². The monoisotopic (exact) mass is 262 g/mol. The van der Waals surface area contributed by atoms with Crippen molar-refractivity contribution in [1.82, 2.24) is 4.98 Å². The Morgan fingerprint density at radius 2 is 2.11 bits per heavy atom. The highest BCUT2D eigenvalue weighted by molar-refractivity contribution is 7.15. The molecule has 0 saturated heterocycles. The Labute approximate surface area is 109 Å². The van der Waals surface area contributed by atoms with E-state index in [9.17, 15) is 4.79 Å². The molecule has 2 aromatic rings. The Hall–Kier alpha value is -1.72. The van der Waals surface area contributed by atoms with E-state index in [2.05, 4.69) is 4.98 Å². The number of nitrogens with zero attached hydrogens (tertiary/aromatic N) is 1. The zero-order chi connectivity index (χ0) is 13.1. The van der Waals surface area contributed by atoms with Gasteiger partial charge in [-0.3, -0.25) is 4.79 Å². The Bertz CT molecular complexity index is 551. The third-order valence-corrected chi connectivity index (χ3v) is 3.86. The average molecular weight is 262 g/mol. The highest BCUT2D eigenvalue weighted by atomic mass is 32.1. The topological polar surface area (TPSA) is 76.2 Å². The molecule has 0 saturated carbocycles. The minimum atomic E-state index is -0.982. The number of benzene rings is 1. The van der Waals surface area contributed by atoms with Crippen LogP contribution in [0.3, 0.4) is 0 Å². The molecule has 0 bridgehead atoms. The van der Waals surface area contributed by atoms with Crippen LogP contribution in [0.2, 0.25) is 0 Å². The van der Waals surface area contributed by atoms with E-state index in [1.54, 1.807) is 0 Å². The molecule has 1 unspecified atom stereocenters. The van der Waals surface area contributed by atoms with Gasteiger partial charge in [-0.1, -0.05) is 30.3 Å². The summed E-state index contributed by atoms with van der Waals surface area (Å²) in [7, 11) is 0. The van der Waals surface area contributed by atoms with E-state index in [-0.39, 0.29) is 0 Å². The highest BCUT2D eigenvalue weighted by Crippen LogP contribution is 2.28. The van der Waals surface area contributed by atoms with Crippen molar-refractivity contribution >= 4 is 17.3 Å². The molecule has 94 valence electrons. The molecule has 5 heteroatoms. The Morgan fingerprint density at radius 1 is 1.44 bits per heavy atom. The fourth-order valence-corrected chi connectivity index (χ4v) is 2.73. The molecule has 1 aromatic carbocycles. The molecule has 0 aliphatic carbocycles. The summed E-state index contributed by atoms with van der Waals surface area (Å²) in [6.07, 6.45) is 0.325. The van der Waals surface area contributed by atoms with Crippen LogP contribution in [-0.4, -0.2) is 22.1 Å². The van der Waals surface area contributed by atoms with Gasteiger partial charge < -0.3 is 10.8 Å². The van der Waals surface area contributed by atoms with Crippen LogP contribution in [0.4, 0.5) is 0 Å². The van der Waals surface area contributed by atoms with Crippen LogP contribution in [0.15, 0.2) is 30.3 Å². The van der Waals surface area contributed by atoms with E-state index in [1.165, 1.54) is 11.3 Å². The fraction of sp³-hybridized carbons (Fsp3) is 0.231. The van der Waals surface area contributed by atoms with Crippen molar-refractivity contribution in [3.05, 3.63) is 40.9 Å². The second-order valence-corrected chi connectivity index (χ2v) is 5.13. The molecule has 1 atom stereocenters. The quantitative estimate of drug-likeness (QED) is 0.884. The van der Waals surface area contributed by atoms with E-state index >= 15 is 0 Å². The number of rotatable bonds is 4. The lowest BCUT2D eigenvalue weighted by Crippen LogP contribution is -2.32. The van der Waals surface area contributed by atoms with Crippen LogP contribution >= 0.6 is 11.3 Å². The van der Waals surface area contributed by atoms with Gasteiger partial charge >= 0.3 is 5.97 Å². The maximum Gasteiger partial charge on any atom is 0.320 e. The molecule has 4 nitrogen and oxygen atoms in total. The average Bonchev–Trinajstić information content (AvgIpc) is 2.72. The zero-order valence-corrected chi connectivity index (χ0v) is 10.8. The number of aryl methyl sites for hydroxylation is 1. The minimum Gasteiger partial charge on any atom is -0.480 e. The summed E-state index contributed by atoms with van der Waals surface area (Å²) in [6, 6.07) is 8.96. The maximum atomic E-state index is 10.8. The van der Waals surface area contributed by atoms with Crippen LogP contribution in [0.1, 0.15) is 10.6 Å². The van der Waals surface area contributed by atoms with Gasteiger partial charge in [0.05, 0.1) is 5.69 Å². The fourth-order valence-electron chi connectivity index (χ4n) is 1.61. The van der Waals surface area contributed by atoms with Gasteiger partial charge in [0.25, 0.3) is 0 Å². The number of nitrogens with two attached hydrogens (primary N) is 1. The van der Waals surface area contributed by atoms with Gasteiger partial charge in [-0.25, -0.2) is 4.98 Å². The molecule has 0 spiro atoms. The molecule has 2 rings (SSSR count). The summed E-state index contributed by atoms with van der Waals surface area (Å²) < 4.78 is 0. The zero-order valence-electron chi connectivity index (χ0n) is 9.96. The third-order valence-electron chi connectivity index (χ3n) is 2.64. The summed E-state index contributed by atoms with van der Waals surface area (Å²) >= 11 is 1.50. The first-order valence-corrected chi connectivity index (χ1v) is 6.39. The summed E-state index contributed by atoms with van der Waals surface area (Å²) in [4.78, 5) is 16.1. The van der Waals surface area contributed by atoms with E-state index in [4.69, 9.17) is 10.8 Å². The lowest BCUT2D eigenvalue weighted by Gasteiger charge is -2.03. The van der Waals surface area contributed by atoms with Gasteiger partial charge in [0.2, 0.25) is 0 Å². The SMILES string of the molecule is Cc1nc(-c2ccccc2)sc1CC(N)C(=O)O. The number of carbonyl (C=O) groups is 1. The summed E-state index contributed by atoms with van der Waals surface area (Å²) in [5.41, 5.74) is 7.44. The number of carboxylic acids is 1. The maximum absolute atomic E-state index is 10.8. The van der Waals surface area contributed by atoms with Crippen molar-refractivity contribution in [1.29, 1.82) is 0 Å². The number of aromatic nitrogens is 1. The van der Waals surface area contributed by atoms with Crippen LogP contribution < -0.4 is 5.73 Å². The largest absolute Gasteiger partial charge is 0.480 e. The van der Waals surface area contributed by atoms with Crippen molar-refractivity contribution in [2.24, 2.45) is 5.73 Å².